The fourth-order valence-corrected chi connectivity index (χ4v) is 3.67. The number of imidazole rings is 1. The summed E-state index contributed by atoms with van der Waals surface area (Å²) in [7, 11) is -0.917. The van der Waals surface area contributed by atoms with Gasteiger partial charge in [-0.05, 0) is 35.9 Å². The molecule has 0 aliphatic rings. The van der Waals surface area contributed by atoms with Crippen molar-refractivity contribution in [1.82, 2.24) is 19.6 Å². The normalized spacial score (nSPS) is 11.2. The molecule has 0 fully saturated rings. The molecule has 0 radical (unpaired) electrons. The van der Waals surface area contributed by atoms with Crippen LogP contribution in [0, 0.1) is 0 Å². The molecular weight excluding hydrogens is 380 g/mol. The first kappa shape index (κ1) is 19.6. The van der Waals surface area contributed by atoms with Gasteiger partial charge >= 0.3 is 0 Å². The van der Waals surface area contributed by atoms with E-state index < -0.39 is 15.9 Å². The van der Waals surface area contributed by atoms with Crippen LogP contribution in [0.15, 0.2) is 66.1 Å². The minimum Gasteiger partial charge on any atom is -0.496 e. The highest BCUT2D eigenvalue weighted by Gasteiger charge is 2.19. The summed E-state index contributed by atoms with van der Waals surface area (Å²) >= 11 is 0. The maximum absolute atomic E-state index is 12.6. The van der Waals surface area contributed by atoms with E-state index in [0.717, 1.165) is 11.3 Å². The zero-order valence-electron chi connectivity index (χ0n) is 15.4. The van der Waals surface area contributed by atoms with Crippen molar-refractivity contribution >= 4 is 15.9 Å². The second-order valence-electron chi connectivity index (χ2n) is 5.90. The molecule has 28 heavy (non-hydrogen) atoms. The minimum atomic E-state index is -3.80. The lowest BCUT2D eigenvalue weighted by atomic mass is 10.2. The van der Waals surface area contributed by atoms with Crippen LogP contribution in [-0.2, 0) is 16.6 Å². The molecule has 2 N–H and O–H groups in total. The molecule has 0 spiro atoms. The van der Waals surface area contributed by atoms with Gasteiger partial charge in [0.15, 0.2) is 0 Å². The van der Waals surface area contributed by atoms with Gasteiger partial charge in [-0.2, -0.15) is 0 Å². The van der Waals surface area contributed by atoms with Crippen LogP contribution in [0.3, 0.4) is 0 Å². The third kappa shape index (κ3) is 4.21. The van der Waals surface area contributed by atoms with Gasteiger partial charge in [-0.15, -0.1) is 0 Å². The molecule has 1 amide bonds. The van der Waals surface area contributed by atoms with E-state index in [2.05, 4.69) is 15.0 Å². The molecule has 9 heteroatoms. The van der Waals surface area contributed by atoms with Crippen LogP contribution in [0.4, 0.5) is 0 Å². The summed E-state index contributed by atoms with van der Waals surface area (Å²) in [5, 5.41) is 2.47. The summed E-state index contributed by atoms with van der Waals surface area (Å²) in [5.41, 5.74) is 1.87. The molecular formula is C19H20N4O4S. The van der Waals surface area contributed by atoms with Gasteiger partial charge in [0.2, 0.25) is 10.0 Å². The Bertz CT molecular complexity index is 1060. The second kappa shape index (κ2) is 8.24. The van der Waals surface area contributed by atoms with Crippen molar-refractivity contribution in [2.45, 2.75) is 11.4 Å². The zero-order chi connectivity index (χ0) is 20.1. The second-order valence-corrected chi connectivity index (χ2v) is 7.67. The number of aromatic nitrogens is 2. The number of sulfonamides is 1. The molecule has 1 aromatic heterocycles. The molecule has 8 nitrogen and oxygen atoms in total. The maximum Gasteiger partial charge on any atom is 0.254 e. The lowest BCUT2D eigenvalue weighted by molar-refractivity contribution is 0.0960. The maximum atomic E-state index is 12.6. The van der Waals surface area contributed by atoms with E-state index in [9.17, 15) is 13.2 Å². The van der Waals surface area contributed by atoms with Crippen molar-refractivity contribution in [3.05, 3.63) is 72.3 Å². The summed E-state index contributed by atoms with van der Waals surface area (Å²) in [5.74, 6) is -0.127. The molecule has 2 aromatic carbocycles. The quantitative estimate of drug-likeness (QED) is 0.629. The number of carbonyl (C=O) groups excluding carboxylic acids is 1. The topological polar surface area (TPSA) is 102 Å². The molecule has 0 unspecified atom stereocenters. The van der Waals surface area contributed by atoms with E-state index in [1.54, 1.807) is 12.5 Å². The number of hydrogen-bond donors (Lipinski definition) is 2. The van der Waals surface area contributed by atoms with Crippen molar-refractivity contribution in [2.24, 2.45) is 0 Å². The van der Waals surface area contributed by atoms with Crippen LogP contribution in [0.2, 0.25) is 0 Å². The Labute approximate surface area is 163 Å². The Morgan fingerprint density at radius 1 is 1.18 bits per heavy atom. The van der Waals surface area contributed by atoms with E-state index in [4.69, 9.17) is 4.74 Å². The van der Waals surface area contributed by atoms with E-state index in [-0.39, 0.29) is 17.0 Å². The van der Waals surface area contributed by atoms with Crippen LogP contribution in [0.1, 0.15) is 15.9 Å². The largest absolute Gasteiger partial charge is 0.496 e. The number of carbonyl (C=O) groups is 1. The summed E-state index contributed by atoms with van der Waals surface area (Å²) in [6.45, 7) is 0.119. The zero-order valence-corrected chi connectivity index (χ0v) is 16.2. The number of rotatable bonds is 7. The highest BCUT2D eigenvalue weighted by molar-refractivity contribution is 7.89. The molecule has 0 aliphatic heterocycles. The van der Waals surface area contributed by atoms with E-state index in [1.807, 2.05) is 35.0 Å². The number of nitrogens with one attached hydrogen (secondary N) is 2. The van der Waals surface area contributed by atoms with Gasteiger partial charge < -0.3 is 14.6 Å². The molecule has 3 rings (SSSR count). The van der Waals surface area contributed by atoms with Gasteiger partial charge in [-0.3, -0.25) is 4.79 Å². The van der Waals surface area contributed by atoms with Crippen LogP contribution in [0.5, 0.6) is 5.75 Å². The van der Waals surface area contributed by atoms with E-state index in [1.165, 1.54) is 32.4 Å². The number of hydrogen-bond acceptors (Lipinski definition) is 5. The molecule has 0 saturated carbocycles. The summed E-state index contributed by atoms with van der Waals surface area (Å²) in [6.07, 6.45) is 5.20. The minimum absolute atomic E-state index is 0.0121. The lowest BCUT2D eigenvalue weighted by Gasteiger charge is -2.11. The molecule has 0 aliphatic carbocycles. The van der Waals surface area contributed by atoms with E-state index >= 15 is 0 Å². The first-order valence-electron chi connectivity index (χ1n) is 8.41. The van der Waals surface area contributed by atoms with Crippen molar-refractivity contribution in [3.8, 4) is 11.4 Å². The number of nitrogens with zero attached hydrogens (tertiary/aromatic N) is 2. The molecule has 3 aromatic rings. The molecule has 0 saturated heterocycles. The third-order valence-electron chi connectivity index (χ3n) is 4.16. The van der Waals surface area contributed by atoms with Gasteiger partial charge in [0.25, 0.3) is 5.91 Å². The monoisotopic (exact) mass is 400 g/mol. The molecule has 0 atom stereocenters. The van der Waals surface area contributed by atoms with Crippen LogP contribution < -0.4 is 14.8 Å². The standard InChI is InChI=1S/C19H20N4O4S/c1-20-19(24)17-11-16(7-8-18(17)27-2)28(25,26)22-12-14-3-5-15(6-4-14)23-10-9-21-13-23/h3-11,13,22H,12H2,1-2H3,(H,20,24). The van der Waals surface area contributed by atoms with Gasteiger partial charge in [0.05, 0.1) is 23.9 Å². The Kier molecular flexibility index (Phi) is 5.76. The fourth-order valence-electron chi connectivity index (χ4n) is 2.63. The number of ether oxygens (including phenoxy) is 1. The first-order chi connectivity index (χ1) is 13.4. The number of amides is 1. The Hall–Kier alpha value is -3.17. The highest BCUT2D eigenvalue weighted by atomic mass is 32.2. The van der Waals surface area contributed by atoms with Gasteiger partial charge in [0, 0.05) is 31.7 Å². The van der Waals surface area contributed by atoms with E-state index in [0.29, 0.717) is 5.75 Å². The fraction of sp³-hybridized carbons (Fsp3) is 0.158. The van der Waals surface area contributed by atoms with Crippen molar-refractivity contribution in [2.75, 3.05) is 14.2 Å². The smallest absolute Gasteiger partial charge is 0.254 e. The average molecular weight is 400 g/mol. The van der Waals surface area contributed by atoms with Gasteiger partial charge in [0.1, 0.15) is 5.75 Å². The predicted octanol–water partition coefficient (Wildman–Crippen LogP) is 1.72. The third-order valence-corrected chi connectivity index (χ3v) is 5.56. The Morgan fingerprint density at radius 3 is 2.54 bits per heavy atom. The summed E-state index contributed by atoms with van der Waals surface area (Å²) < 4.78 is 34.8. The van der Waals surface area contributed by atoms with Gasteiger partial charge in [-0.1, -0.05) is 12.1 Å². The van der Waals surface area contributed by atoms with Crippen LogP contribution >= 0.6 is 0 Å². The van der Waals surface area contributed by atoms with Crippen molar-refractivity contribution in [3.63, 3.8) is 0 Å². The average Bonchev–Trinajstić information content (AvgIpc) is 3.26. The van der Waals surface area contributed by atoms with Crippen molar-refractivity contribution < 1.29 is 17.9 Å². The van der Waals surface area contributed by atoms with Crippen molar-refractivity contribution in [1.29, 1.82) is 0 Å². The molecule has 146 valence electrons. The summed E-state index contributed by atoms with van der Waals surface area (Å²) in [4.78, 5) is 16.0. The Balaban J connectivity index is 1.76. The van der Waals surface area contributed by atoms with Gasteiger partial charge in [-0.25, -0.2) is 18.1 Å². The lowest BCUT2D eigenvalue weighted by Crippen LogP contribution is -2.24. The first-order valence-corrected chi connectivity index (χ1v) is 9.90. The number of benzene rings is 2. The predicted molar refractivity (Wildman–Crippen MR) is 104 cm³/mol. The van der Waals surface area contributed by atoms with Crippen LogP contribution in [0.25, 0.3) is 5.69 Å². The molecule has 1 heterocycles. The summed E-state index contributed by atoms with van der Waals surface area (Å²) in [6, 6.07) is 11.6. The molecule has 0 bridgehead atoms. The van der Waals surface area contributed by atoms with Crippen LogP contribution in [-0.4, -0.2) is 38.0 Å². The SMILES string of the molecule is CNC(=O)c1cc(S(=O)(=O)NCc2ccc(-n3ccnc3)cc2)ccc1OC. The number of methoxy groups -OCH3 is 1. The Morgan fingerprint density at radius 2 is 1.93 bits per heavy atom. The highest BCUT2D eigenvalue weighted by Crippen LogP contribution is 2.22.